The molecular weight excluding hydrogens is 335 g/mol. The first kappa shape index (κ1) is 19.9. The molecule has 1 aliphatic heterocycles. The molecule has 23 heavy (non-hydrogen) atoms. The van der Waals surface area contributed by atoms with E-state index in [0.717, 1.165) is 5.56 Å². The van der Waals surface area contributed by atoms with Crippen LogP contribution >= 0.6 is 0 Å². The van der Waals surface area contributed by atoms with Gasteiger partial charge in [-0.1, -0.05) is 0 Å². The Morgan fingerprint density at radius 2 is 2.09 bits per heavy atom. The molecule has 1 atom stereocenters. The molecule has 1 aromatic carbocycles. The number of methoxy groups -OCH3 is 1. The summed E-state index contributed by atoms with van der Waals surface area (Å²) < 4.78 is 41.6. The number of ether oxygens (including phenoxy) is 1. The van der Waals surface area contributed by atoms with Crippen LogP contribution in [0.3, 0.4) is 0 Å². The fraction of sp³-hybridized carbons (Fsp3) is 0.385. The van der Waals surface area contributed by atoms with Gasteiger partial charge >= 0.3 is 29.6 Å². The number of rotatable bonds is 6. The number of fused-ring (bicyclic) bond motifs is 1. The zero-order chi connectivity index (χ0) is 16.3. The van der Waals surface area contributed by atoms with E-state index < -0.39 is 10.4 Å². The third-order valence-corrected chi connectivity index (χ3v) is 3.51. The molecule has 1 N–H and O–H groups in total. The van der Waals surface area contributed by atoms with Crippen molar-refractivity contribution in [3.05, 3.63) is 17.7 Å². The number of benzene rings is 1. The van der Waals surface area contributed by atoms with E-state index in [1.807, 2.05) is 0 Å². The average Bonchev–Trinajstić information content (AvgIpc) is 2.78. The first-order valence-corrected chi connectivity index (χ1v) is 7.79. The van der Waals surface area contributed by atoms with Crippen LogP contribution in [0.4, 0.5) is 5.69 Å². The Morgan fingerprint density at radius 1 is 1.39 bits per heavy atom. The minimum atomic E-state index is -4.89. The Kier molecular flexibility index (Phi) is 7.02. The maximum absolute atomic E-state index is 10.9. The Morgan fingerprint density at radius 3 is 2.65 bits per heavy atom. The average molecular weight is 350 g/mol. The molecule has 2 rings (SSSR count). The molecule has 1 unspecified atom stereocenters. The van der Waals surface area contributed by atoms with Crippen molar-refractivity contribution >= 4 is 28.2 Å². The number of nitrogens with one attached hydrogen (secondary N) is 1. The SMILES string of the molecule is COc1cc2c(cc1OS(=O)(=O)[O-])N=CC2CCNC(C)=O.[Na+]. The molecule has 0 saturated carbocycles. The number of nitrogens with zero attached hydrogens (tertiary/aromatic N) is 1. The Balaban J connectivity index is 0.00000264. The molecule has 0 spiro atoms. The molecular formula is C13H15N2NaO6S. The minimum absolute atomic E-state index is 0. The molecule has 8 nitrogen and oxygen atoms in total. The van der Waals surface area contributed by atoms with Gasteiger partial charge in [0.25, 0.3) is 10.4 Å². The molecule has 120 valence electrons. The van der Waals surface area contributed by atoms with Crippen LogP contribution in [0.15, 0.2) is 17.1 Å². The van der Waals surface area contributed by atoms with Gasteiger partial charge in [0.2, 0.25) is 5.91 Å². The summed E-state index contributed by atoms with van der Waals surface area (Å²) in [7, 11) is -3.55. The van der Waals surface area contributed by atoms with E-state index in [9.17, 15) is 17.8 Å². The van der Waals surface area contributed by atoms with E-state index in [4.69, 9.17) is 4.74 Å². The third-order valence-electron chi connectivity index (χ3n) is 3.13. The zero-order valence-electron chi connectivity index (χ0n) is 13.0. The molecule has 0 radical (unpaired) electrons. The second-order valence-electron chi connectivity index (χ2n) is 4.71. The summed E-state index contributed by atoms with van der Waals surface area (Å²) in [4.78, 5) is 15.0. The third kappa shape index (κ3) is 5.47. The molecule has 0 fully saturated rings. The van der Waals surface area contributed by atoms with Crippen molar-refractivity contribution < 1.29 is 56.2 Å². The van der Waals surface area contributed by atoms with Gasteiger partial charge in [-0.2, -0.15) is 0 Å². The van der Waals surface area contributed by atoms with Crippen LogP contribution in [0.2, 0.25) is 0 Å². The Hall–Kier alpha value is -1.13. The molecule has 0 bridgehead atoms. The topological polar surface area (TPSA) is 117 Å². The number of carbonyl (C=O) groups is 1. The number of amides is 1. The summed E-state index contributed by atoms with van der Waals surface area (Å²) >= 11 is 0. The van der Waals surface area contributed by atoms with Crippen LogP contribution in [0.1, 0.15) is 24.8 Å². The summed E-state index contributed by atoms with van der Waals surface area (Å²) in [6.07, 6.45) is 2.33. The fourth-order valence-corrected chi connectivity index (χ4v) is 2.54. The van der Waals surface area contributed by atoms with Gasteiger partial charge in [-0.25, -0.2) is 8.42 Å². The van der Waals surface area contributed by atoms with E-state index in [1.54, 1.807) is 12.3 Å². The van der Waals surface area contributed by atoms with E-state index in [2.05, 4.69) is 14.5 Å². The quantitative estimate of drug-likeness (QED) is 0.356. The van der Waals surface area contributed by atoms with Crippen LogP contribution in [-0.4, -0.2) is 38.7 Å². The number of hydrogen-bond acceptors (Lipinski definition) is 7. The van der Waals surface area contributed by atoms with Gasteiger partial charge in [-0.3, -0.25) is 9.79 Å². The second-order valence-corrected chi connectivity index (χ2v) is 5.69. The van der Waals surface area contributed by atoms with Gasteiger partial charge in [0.15, 0.2) is 11.5 Å². The number of aliphatic imine (C=N–C) groups is 1. The number of hydrogen-bond donors (Lipinski definition) is 1. The van der Waals surface area contributed by atoms with Crippen LogP contribution in [0.25, 0.3) is 0 Å². The van der Waals surface area contributed by atoms with Crippen molar-refractivity contribution in [3.63, 3.8) is 0 Å². The standard InChI is InChI=1S/C13H16N2O6S.Na/c1-8(16)14-4-3-9-7-15-11-6-13(21-22(17,18)19)12(20-2)5-10(9)11;/h5-7,9H,3-4H2,1-2H3,(H,14,16)(H,17,18,19);/q;+1/p-1. The predicted octanol–water partition coefficient (Wildman–Crippen LogP) is -2.14. The van der Waals surface area contributed by atoms with E-state index >= 15 is 0 Å². The van der Waals surface area contributed by atoms with E-state index in [1.165, 1.54) is 20.1 Å². The van der Waals surface area contributed by atoms with E-state index in [-0.39, 0.29) is 52.9 Å². The molecule has 1 heterocycles. The molecule has 1 amide bonds. The summed E-state index contributed by atoms with van der Waals surface area (Å²) in [6, 6.07) is 2.93. The normalized spacial score (nSPS) is 15.5. The monoisotopic (exact) mass is 350 g/mol. The number of carbonyl (C=O) groups excluding carboxylic acids is 1. The van der Waals surface area contributed by atoms with Crippen molar-refractivity contribution in [2.24, 2.45) is 4.99 Å². The van der Waals surface area contributed by atoms with Crippen molar-refractivity contribution in [2.45, 2.75) is 19.3 Å². The maximum Gasteiger partial charge on any atom is 1.00 e. The van der Waals surface area contributed by atoms with Crippen molar-refractivity contribution in [2.75, 3.05) is 13.7 Å². The van der Waals surface area contributed by atoms with Gasteiger partial charge in [-0.15, -0.1) is 0 Å². The zero-order valence-corrected chi connectivity index (χ0v) is 15.8. The largest absolute Gasteiger partial charge is 1.00 e. The van der Waals surface area contributed by atoms with Crippen molar-refractivity contribution in [1.82, 2.24) is 5.32 Å². The second kappa shape index (κ2) is 8.11. The maximum atomic E-state index is 10.9. The van der Waals surface area contributed by atoms with Gasteiger partial charge in [0.05, 0.1) is 12.8 Å². The van der Waals surface area contributed by atoms with Crippen LogP contribution in [0, 0.1) is 0 Å². The van der Waals surface area contributed by atoms with E-state index in [0.29, 0.717) is 18.7 Å². The van der Waals surface area contributed by atoms with Crippen LogP contribution in [-0.2, 0) is 15.2 Å². The Labute approximate surface area is 156 Å². The first-order valence-electron chi connectivity index (χ1n) is 6.46. The van der Waals surface area contributed by atoms with Gasteiger partial charge in [-0.05, 0) is 18.1 Å². The van der Waals surface area contributed by atoms with Crippen molar-refractivity contribution in [1.29, 1.82) is 0 Å². The van der Waals surface area contributed by atoms with Crippen LogP contribution < -0.4 is 43.8 Å². The summed E-state index contributed by atoms with van der Waals surface area (Å²) in [5, 5.41) is 2.70. The summed E-state index contributed by atoms with van der Waals surface area (Å²) in [5.74, 6) is -0.213. The predicted molar refractivity (Wildman–Crippen MR) is 77.5 cm³/mol. The first-order chi connectivity index (χ1) is 10.3. The Bertz CT molecular complexity index is 719. The summed E-state index contributed by atoms with van der Waals surface area (Å²) in [6.45, 7) is 1.92. The van der Waals surface area contributed by atoms with Gasteiger partial charge in [0, 0.05) is 31.7 Å². The van der Waals surface area contributed by atoms with Crippen molar-refractivity contribution in [3.8, 4) is 11.5 Å². The van der Waals surface area contributed by atoms with Gasteiger partial charge < -0.3 is 18.8 Å². The van der Waals surface area contributed by atoms with Gasteiger partial charge in [0.1, 0.15) is 0 Å². The van der Waals surface area contributed by atoms with Crippen LogP contribution in [0.5, 0.6) is 11.5 Å². The molecule has 0 aliphatic carbocycles. The fourth-order valence-electron chi connectivity index (χ4n) is 2.19. The smallest absolute Gasteiger partial charge is 0.716 e. The minimum Gasteiger partial charge on any atom is -0.716 e. The summed E-state index contributed by atoms with van der Waals surface area (Å²) in [5.41, 5.74) is 1.32. The molecule has 0 aromatic heterocycles. The molecule has 10 heteroatoms. The molecule has 1 aromatic rings. The molecule has 0 saturated heterocycles. The molecule has 1 aliphatic rings.